The monoisotopic (exact) mass is 213 g/mol. The lowest BCUT2D eigenvalue weighted by atomic mass is 10.1. The lowest BCUT2D eigenvalue weighted by molar-refractivity contribution is 0.471. The molecule has 0 spiro atoms. The van der Waals surface area contributed by atoms with Gasteiger partial charge in [0, 0.05) is 5.56 Å². The number of aromatic hydroxyl groups is 1. The van der Waals surface area contributed by atoms with Crippen molar-refractivity contribution in [2.75, 3.05) is 0 Å². The van der Waals surface area contributed by atoms with Crippen LogP contribution in [-0.2, 0) is 0 Å². The average Bonchev–Trinajstić information content (AvgIpc) is 2.33. The van der Waals surface area contributed by atoms with Crippen molar-refractivity contribution in [2.24, 2.45) is 0 Å². The highest BCUT2D eigenvalue weighted by atomic mass is 16.3. The number of phenolic OH excluding ortho intramolecular Hbond substituents is 1. The molecule has 2 aromatic rings. The number of nitrogens with zero attached hydrogens (tertiary/aromatic N) is 3. The highest BCUT2D eigenvalue weighted by Crippen LogP contribution is 2.22. The van der Waals surface area contributed by atoms with E-state index in [0.29, 0.717) is 11.6 Å². The summed E-state index contributed by atoms with van der Waals surface area (Å²) >= 11 is 0. The number of phenols is 1. The molecule has 0 aliphatic heterocycles. The third kappa shape index (κ3) is 1.91. The zero-order chi connectivity index (χ0) is 11.5. The van der Waals surface area contributed by atoms with Crippen LogP contribution >= 0.6 is 0 Å². The minimum absolute atomic E-state index is 0.266. The Morgan fingerprint density at radius 2 is 2.12 bits per heavy atom. The maximum atomic E-state index is 9.42. The number of benzene rings is 1. The molecule has 4 nitrogen and oxygen atoms in total. The molecule has 2 rings (SSSR count). The Morgan fingerprint density at radius 3 is 2.81 bits per heavy atom. The van der Waals surface area contributed by atoms with Gasteiger partial charge in [0.2, 0.25) is 0 Å². The molecule has 0 saturated carbocycles. The fourth-order valence-corrected chi connectivity index (χ4v) is 1.34. The van der Waals surface area contributed by atoms with Crippen molar-refractivity contribution >= 4 is 6.08 Å². The number of hydrogen-bond acceptors (Lipinski definition) is 4. The first-order chi connectivity index (χ1) is 7.70. The van der Waals surface area contributed by atoms with E-state index >= 15 is 0 Å². The summed E-state index contributed by atoms with van der Waals surface area (Å²) < 4.78 is 0. The van der Waals surface area contributed by atoms with Crippen LogP contribution in [0.4, 0.5) is 0 Å². The van der Waals surface area contributed by atoms with Gasteiger partial charge in [0.15, 0.2) is 11.6 Å². The SMILES string of the molecule is C=Cc1ncnc(-c2ccc(O)c(C)c2)n1. The molecule has 0 fully saturated rings. The van der Waals surface area contributed by atoms with Crippen molar-refractivity contribution in [3.8, 4) is 17.1 Å². The first-order valence-electron chi connectivity index (χ1n) is 4.82. The largest absolute Gasteiger partial charge is 0.508 e. The van der Waals surface area contributed by atoms with E-state index in [0.717, 1.165) is 11.1 Å². The van der Waals surface area contributed by atoms with Crippen LogP contribution < -0.4 is 0 Å². The van der Waals surface area contributed by atoms with E-state index in [4.69, 9.17) is 0 Å². The van der Waals surface area contributed by atoms with Crippen LogP contribution in [0.5, 0.6) is 5.75 Å². The molecule has 0 aliphatic rings. The van der Waals surface area contributed by atoms with Gasteiger partial charge < -0.3 is 5.11 Å². The molecule has 1 aromatic heterocycles. The summed E-state index contributed by atoms with van der Waals surface area (Å²) in [5, 5.41) is 9.42. The Labute approximate surface area is 93.3 Å². The Balaban J connectivity index is 2.49. The zero-order valence-electron chi connectivity index (χ0n) is 8.88. The minimum Gasteiger partial charge on any atom is -0.508 e. The second-order valence-electron chi connectivity index (χ2n) is 3.37. The Bertz CT molecular complexity index is 538. The van der Waals surface area contributed by atoms with Gasteiger partial charge in [-0.05, 0) is 36.8 Å². The van der Waals surface area contributed by atoms with E-state index < -0.39 is 0 Å². The second-order valence-corrected chi connectivity index (χ2v) is 3.37. The minimum atomic E-state index is 0.266. The number of hydrogen-bond donors (Lipinski definition) is 1. The molecule has 1 aromatic carbocycles. The topological polar surface area (TPSA) is 58.9 Å². The molecule has 1 N–H and O–H groups in total. The summed E-state index contributed by atoms with van der Waals surface area (Å²) in [4.78, 5) is 12.2. The molecule has 0 saturated heterocycles. The smallest absolute Gasteiger partial charge is 0.163 e. The number of aromatic nitrogens is 3. The predicted molar refractivity (Wildman–Crippen MR) is 61.8 cm³/mol. The van der Waals surface area contributed by atoms with Gasteiger partial charge in [-0.2, -0.15) is 0 Å². The molecule has 16 heavy (non-hydrogen) atoms. The third-order valence-electron chi connectivity index (χ3n) is 2.23. The summed E-state index contributed by atoms with van der Waals surface area (Å²) in [7, 11) is 0. The summed E-state index contributed by atoms with van der Waals surface area (Å²) in [6, 6.07) is 5.23. The van der Waals surface area contributed by atoms with E-state index in [1.807, 2.05) is 13.0 Å². The third-order valence-corrected chi connectivity index (χ3v) is 2.23. The quantitative estimate of drug-likeness (QED) is 0.830. The van der Waals surface area contributed by atoms with Crippen LogP contribution in [0.3, 0.4) is 0 Å². The van der Waals surface area contributed by atoms with Gasteiger partial charge in [-0.15, -0.1) is 0 Å². The molecule has 0 radical (unpaired) electrons. The van der Waals surface area contributed by atoms with E-state index in [2.05, 4.69) is 21.5 Å². The Hall–Kier alpha value is -2.23. The van der Waals surface area contributed by atoms with Gasteiger partial charge in [-0.1, -0.05) is 6.58 Å². The lowest BCUT2D eigenvalue weighted by Gasteiger charge is -2.03. The van der Waals surface area contributed by atoms with Crippen molar-refractivity contribution in [1.82, 2.24) is 15.0 Å². The van der Waals surface area contributed by atoms with Gasteiger partial charge >= 0.3 is 0 Å². The predicted octanol–water partition coefficient (Wildman–Crippen LogP) is 2.20. The normalized spacial score (nSPS) is 10.1. The van der Waals surface area contributed by atoms with Crippen LogP contribution in [0.1, 0.15) is 11.4 Å². The molecule has 80 valence electrons. The van der Waals surface area contributed by atoms with Crippen molar-refractivity contribution < 1.29 is 5.11 Å². The molecule has 0 amide bonds. The van der Waals surface area contributed by atoms with Crippen molar-refractivity contribution in [3.05, 3.63) is 42.5 Å². The first-order valence-corrected chi connectivity index (χ1v) is 4.82. The summed E-state index contributed by atoms with van der Waals surface area (Å²) in [5.74, 6) is 1.38. The van der Waals surface area contributed by atoms with Crippen LogP contribution in [0.15, 0.2) is 31.1 Å². The van der Waals surface area contributed by atoms with Gasteiger partial charge in [-0.25, -0.2) is 15.0 Å². The maximum Gasteiger partial charge on any atom is 0.163 e. The maximum absolute atomic E-state index is 9.42. The second kappa shape index (κ2) is 4.10. The first kappa shape index (κ1) is 10.3. The Morgan fingerprint density at radius 1 is 1.31 bits per heavy atom. The number of rotatable bonds is 2. The van der Waals surface area contributed by atoms with Crippen molar-refractivity contribution in [3.63, 3.8) is 0 Å². The molecule has 0 aliphatic carbocycles. The molecule has 1 heterocycles. The van der Waals surface area contributed by atoms with E-state index in [9.17, 15) is 5.11 Å². The number of aryl methyl sites for hydroxylation is 1. The summed E-state index contributed by atoms with van der Waals surface area (Å²) in [6.45, 7) is 5.43. The molecular weight excluding hydrogens is 202 g/mol. The molecule has 0 atom stereocenters. The standard InChI is InChI=1S/C12H11N3O/c1-3-11-13-7-14-12(15-11)9-4-5-10(16)8(2)6-9/h3-7,16H,1H2,2H3. The van der Waals surface area contributed by atoms with Gasteiger partial charge in [-0.3, -0.25) is 0 Å². The van der Waals surface area contributed by atoms with Crippen molar-refractivity contribution in [1.29, 1.82) is 0 Å². The Kier molecular flexibility index (Phi) is 2.64. The average molecular weight is 213 g/mol. The molecule has 0 bridgehead atoms. The van der Waals surface area contributed by atoms with Crippen LogP contribution in [-0.4, -0.2) is 20.1 Å². The van der Waals surface area contributed by atoms with E-state index in [1.165, 1.54) is 6.33 Å². The van der Waals surface area contributed by atoms with Crippen LogP contribution in [0.25, 0.3) is 17.5 Å². The van der Waals surface area contributed by atoms with E-state index in [-0.39, 0.29) is 5.75 Å². The fraction of sp³-hybridized carbons (Fsp3) is 0.0833. The lowest BCUT2D eigenvalue weighted by Crippen LogP contribution is -1.94. The molecular formula is C12H11N3O. The summed E-state index contributed by atoms with van der Waals surface area (Å²) in [6.07, 6.45) is 3.01. The van der Waals surface area contributed by atoms with Crippen molar-refractivity contribution in [2.45, 2.75) is 6.92 Å². The van der Waals surface area contributed by atoms with E-state index in [1.54, 1.807) is 18.2 Å². The van der Waals surface area contributed by atoms with Gasteiger partial charge in [0.05, 0.1) is 0 Å². The molecule has 4 heteroatoms. The highest BCUT2D eigenvalue weighted by molar-refractivity contribution is 5.58. The molecule has 0 unspecified atom stereocenters. The highest BCUT2D eigenvalue weighted by Gasteiger charge is 2.04. The summed E-state index contributed by atoms with van der Waals surface area (Å²) in [5.41, 5.74) is 1.64. The van der Waals surface area contributed by atoms with Crippen LogP contribution in [0, 0.1) is 6.92 Å². The zero-order valence-corrected chi connectivity index (χ0v) is 8.88. The van der Waals surface area contributed by atoms with Gasteiger partial charge in [0.25, 0.3) is 0 Å². The fourth-order valence-electron chi connectivity index (χ4n) is 1.34. The van der Waals surface area contributed by atoms with Crippen LogP contribution in [0.2, 0.25) is 0 Å². The van der Waals surface area contributed by atoms with Gasteiger partial charge in [0.1, 0.15) is 12.1 Å².